The largest absolute Gasteiger partial charge is 0.289 e. The van der Waals surface area contributed by atoms with Crippen LogP contribution in [0.4, 0.5) is 0 Å². The monoisotopic (exact) mass is 398 g/mol. The minimum atomic E-state index is 0.0996. The molecule has 0 aliphatic rings. The first-order valence-electron chi connectivity index (χ1n) is 5.97. The molecule has 4 heteroatoms. The highest BCUT2D eigenvalue weighted by molar-refractivity contribution is 9.10. The SMILES string of the molecule is CC.O=c1c2ccc(Br)cc2sc2ccc(Br)cc12. The van der Waals surface area contributed by atoms with Crippen molar-refractivity contribution in [2.24, 2.45) is 0 Å². The summed E-state index contributed by atoms with van der Waals surface area (Å²) < 4.78 is 3.96. The van der Waals surface area contributed by atoms with Gasteiger partial charge in [-0.05, 0) is 36.4 Å². The molecule has 0 N–H and O–H groups in total. The lowest BCUT2D eigenvalue weighted by molar-refractivity contribution is 1.50. The van der Waals surface area contributed by atoms with E-state index in [1.54, 1.807) is 11.3 Å². The molecule has 0 aliphatic heterocycles. The molecule has 0 bridgehead atoms. The van der Waals surface area contributed by atoms with Crippen LogP contribution in [0.15, 0.2) is 50.1 Å². The van der Waals surface area contributed by atoms with Crippen LogP contribution in [0.1, 0.15) is 13.8 Å². The molecule has 2 aromatic carbocycles. The van der Waals surface area contributed by atoms with Crippen molar-refractivity contribution in [3.05, 3.63) is 55.6 Å². The van der Waals surface area contributed by atoms with Gasteiger partial charge in [0.05, 0.1) is 0 Å². The van der Waals surface area contributed by atoms with Crippen LogP contribution in [-0.2, 0) is 0 Å². The van der Waals surface area contributed by atoms with Crippen LogP contribution < -0.4 is 5.43 Å². The Hall–Kier alpha value is -0.710. The Morgan fingerprint density at radius 1 is 0.842 bits per heavy atom. The number of hydrogen-bond acceptors (Lipinski definition) is 2. The second-order valence-electron chi connectivity index (χ2n) is 3.71. The highest BCUT2D eigenvalue weighted by Crippen LogP contribution is 2.28. The summed E-state index contributed by atoms with van der Waals surface area (Å²) in [6.45, 7) is 4.00. The first kappa shape index (κ1) is 14.7. The van der Waals surface area contributed by atoms with Gasteiger partial charge in [0, 0.05) is 29.1 Å². The molecule has 0 saturated carbocycles. The van der Waals surface area contributed by atoms with Crippen LogP contribution in [0.3, 0.4) is 0 Å². The normalized spacial score (nSPS) is 10.3. The van der Waals surface area contributed by atoms with Gasteiger partial charge in [0.2, 0.25) is 0 Å². The topological polar surface area (TPSA) is 17.1 Å². The fraction of sp³-hybridized carbons (Fsp3) is 0.133. The van der Waals surface area contributed by atoms with Crippen molar-refractivity contribution >= 4 is 63.4 Å². The van der Waals surface area contributed by atoms with Crippen molar-refractivity contribution in [1.29, 1.82) is 0 Å². The highest BCUT2D eigenvalue weighted by atomic mass is 79.9. The Bertz CT molecular complexity index is 793. The van der Waals surface area contributed by atoms with Gasteiger partial charge < -0.3 is 0 Å². The van der Waals surface area contributed by atoms with Crippen molar-refractivity contribution in [2.75, 3.05) is 0 Å². The van der Waals surface area contributed by atoms with Gasteiger partial charge in [-0.2, -0.15) is 0 Å². The number of rotatable bonds is 0. The zero-order valence-corrected chi connectivity index (χ0v) is 14.5. The third-order valence-corrected chi connectivity index (χ3v) is 4.71. The lowest BCUT2D eigenvalue weighted by atomic mass is 10.2. The molecule has 1 nitrogen and oxygen atoms in total. The Balaban J connectivity index is 0.000000637. The summed E-state index contributed by atoms with van der Waals surface area (Å²) in [5.41, 5.74) is 0.0996. The number of benzene rings is 2. The van der Waals surface area contributed by atoms with E-state index >= 15 is 0 Å². The molecular weight excluding hydrogens is 388 g/mol. The lowest BCUT2D eigenvalue weighted by Crippen LogP contribution is -2.00. The molecule has 0 atom stereocenters. The quantitative estimate of drug-likeness (QED) is 0.426. The maximum Gasteiger partial charge on any atom is 0.195 e. The van der Waals surface area contributed by atoms with Gasteiger partial charge in [0.15, 0.2) is 5.43 Å². The molecule has 0 radical (unpaired) electrons. The molecule has 0 amide bonds. The smallest absolute Gasteiger partial charge is 0.195 e. The number of halogens is 2. The fourth-order valence-corrected chi connectivity index (χ4v) is 3.77. The molecule has 98 valence electrons. The van der Waals surface area contributed by atoms with Gasteiger partial charge in [-0.15, -0.1) is 11.3 Å². The van der Waals surface area contributed by atoms with E-state index < -0.39 is 0 Å². The van der Waals surface area contributed by atoms with Gasteiger partial charge in [0.25, 0.3) is 0 Å². The van der Waals surface area contributed by atoms with Gasteiger partial charge in [-0.25, -0.2) is 0 Å². The molecule has 0 aliphatic carbocycles. The molecule has 3 aromatic rings. The number of fused-ring (bicyclic) bond motifs is 2. The molecule has 0 saturated heterocycles. The van der Waals surface area contributed by atoms with Crippen LogP contribution >= 0.6 is 43.2 Å². The Morgan fingerprint density at radius 3 is 2.21 bits per heavy atom. The van der Waals surface area contributed by atoms with Crippen molar-refractivity contribution in [1.82, 2.24) is 0 Å². The molecule has 3 rings (SSSR count). The van der Waals surface area contributed by atoms with Gasteiger partial charge in [0.1, 0.15) is 0 Å². The van der Waals surface area contributed by atoms with Crippen molar-refractivity contribution in [2.45, 2.75) is 13.8 Å². The summed E-state index contributed by atoms with van der Waals surface area (Å²) in [7, 11) is 0. The Morgan fingerprint density at radius 2 is 1.47 bits per heavy atom. The van der Waals surface area contributed by atoms with E-state index in [-0.39, 0.29) is 5.43 Å². The fourth-order valence-electron chi connectivity index (χ4n) is 1.80. The maximum atomic E-state index is 12.3. The van der Waals surface area contributed by atoms with E-state index in [1.165, 1.54) is 0 Å². The summed E-state index contributed by atoms with van der Waals surface area (Å²) in [6, 6.07) is 11.6. The summed E-state index contributed by atoms with van der Waals surface area (Å²) in [5.74, 6) is 0. The molecule has 19 heavy (non-hydrogen) atoms. The minimum absolute atomic E-state index is 0.0996. The molecule has 1 heterocycles. The van der Waals surface area contributed by atoms with Gasteiger partial charge in [-0.3, -0.25) is 4.79 Å². The average Bonchev–Trinajstić information content (AvgIpc) is 2.42. The summed E-state index contributed by atoms with van der Waals surface area (Å²) in [4.78, 5) is 12.3. The Labute approximate surface area is 132 Å². The maximum absolute atomic E-state index is 12.3. The second kappa shape index (κ2) is 6.16. The van der Waals surface area contributed by atoms with E-state index in [0.29, 0.717) is 0 Å². The van der Waals surface area contributed by atoms with Crippen molar-refractivity contribution in [3.8, 4) is 0 Å². The molecule has 0 fully saturated rings. The number of hydrogen-bond donors (Lipinski definition) is 0. The summed E-state index contributed by atoms with van der Waals surface area (Å²) in [5, 5.41) is 1.56. The predicted octanol–water partition coefficient (Wildman–Crippen LogP) is 5.97. The van der Waals surface area contributed by atoms with Gasteiger partial charge in [-0.1, -0.05) is 45.7 Å². The van der Waals surface area contributed by atoms with Crippen molar-refractivity contribution < 1.29 is 0 Å². The van der Waals surface area contributed by atoms with Crippen LogP contribution in [-0.4, -0.2) is 0 Å². The van der Waals surface area contributed by atoms with E-state index in [0.717, 1.165) is 29.1 Å². The van der Waals surface area contributed by atoms with Crippen LogP contribution in [0.5, 0.6) is 0 Å². The standard InChI is InChI=1S/C13H6Br2OS.C2H6/c14-7-2-4-11-10(5-7)13(16)9-3-1-8(15)6-12(9)17-11;1-2/h1-6H;1-2H3. The van der Waals surface area contributed by atoms with Crippen LogP contribution in [0.2, 0.25) is 0 Å². The summed E-state index contributed by atoms with van der Waals surface area (Å²) in [6.07, 6.45) is 0. The predicted molar refractivity (Wildman–Crippen MR) is 92.3 cm³/mol. The summed E-state index contributed by atoms with van der Waals surface area (Å²) >= 11 is 8.47. The van der Waals surface area contributed by atoms with Crippen molar-refractivity contribution in [3.63, 3.8) is 0 Å². The first-order valence-corrected chi connectivity index (χ1v) is 8.37. The van der Waals surface area contributed by atoms with Crippen LogP contribution in [0.25, 0.3) is 20.2 Å². The zero-order chi connectivity index (χ0) is 14.0. The van der Waals surface area contributed by atoms with Gasteiger partial charge >= 0.3 is 0 Å². The minimum Gasteiger partial charge on any atom is -0.289 e. The molecule has 1 aromatic heterocycles. The molecule has 0 spiro atoms. The van der Waals surface area contributed by atoms with E-state index in [4.69, 9.17) is 0 Å². The molecular formula is C15H12Br2OS. The Kier molecular flexibility index (Phi) is 4.76. The third-order valence-electron chi connectivity index (χ3n) is 2.59. The third kappa shape index (κ3) is 2.91. The van der Waals surface area contributed by atoms with E-state index in [2.05, 4.69) is 31.9 Å². The zero-order valence-electron chi connectivity index (χ0n) is 10.5. The average molecular weight is 400 g/mol. The highest BCUT2D eigenvalue weighted by Gasteiger charge is 2.06. The second-order valence-corrected chi connectivity index (χ2v) is 6.63. The molecule has 0 unspecified atom stereocenters. The van der Waals surface area contributed by atoms with E-state index in [1.807, 2.05) is 50.2 Å². The van der Waals surface area contributed by atoms with Crippen LogP contribution in [0, 0.1) is 0 Å². The lowest BCUT2D eigenvalue weighted by Gasteiger charge is -2.01. The van der Waals surface area contributed by atoms with E-state index in [9.17, 15) is 4.79 Å². The first-order chi connectivity index (χ1) is 9.15.